The van der Waals surface area contributed by atoms with Gasteiger partial charge in [0.05, 0.1) is 6.10 Å². The first-order chi connectivity index (χ1) is 9.32. The Morgan fingerprint density at radius 2 is 2.00 bits per heavy atom. The summed E-state index contributed by atoms with van der Waals surface area (Å²) in [5, 5.41) is 13.3. The average Bonchev–Trinajstić information content (AvgIpc) is 2.64. The van der Waals surface area contributed by atoms with Gasteiger partial charge in [-0.2, -0.15) is 0 Å². The summed E-state index contributed by atoms with van der Waals surface area (Å²) in [5.41, 5.74) is -0.473. The van der Waals surface area contributed by atoms with Crippen LogP contribution in [0.5, 0.6) is 0 Å². The van der Waals surface area contributed by atoms with Crippen LogP contribution in [-0.2, 0) is 9.47 Å². The number of carbonyl (C=O) groups is 1. The molecular formula is C15H27NO4. The first-order valence-electron chi connectivity index (χ1n) is 7.55. The Morgan fingerprint density at radius 1 is 1.35 bits per heavy atom. The summed E-state index contributed by atoms with van der Waals surface area (Å²) in [6.07, 6.45) is 3.09. The van der Waals surface area contributed by atoms with Crippen LogP contribution in [0.1, 0.15) is 46.5 Å². The number of hydrogen-bond donors (Lipinski definition) is 2. The molecule has 5 nitrogen and oxygen atoms in total. The second kappa shape index (κ2) is 5.90. The van der Waals surface area contributed by atoms with E-state index in [1.54, 1.807) is 0 Å². The maximum atomic E-state index is 11.7. The summed E-state index contributed by atoms with van der Waals surface area (Å²) < 4.78 is 10.6. The summed E-state index contributed by atoms with van der Waals surface area (Å²) in [5.74, 6) is 0.126. The van der Waals surface area contributed by atoms with Crippen LogP contribution in [0.25, 0.3) is 0 Å². The highest BCUT2D eigenvalue weighted by molar-refractivity contribution is 5.67. The lowest BCUT2D eigenvalue weighted by atomic mass is 9.76. The molecule has 2 N–H and O–H groups in total. The Kier molecular flexibility index (Phi) is 4.59. The molecule has 2 aliphatic rings. The summed E-state index contributed by atoms with van der Waals surface area (Å²) in [7, 11) is 0. The first-order valence-corrected chi connectivity index (χ1v) is 7.55. The molecule has 5 heteroatoms. The van der Waals surface area contributed by atoms with Gasteiger partial charge in [-0.1, -0.05) is 0 Å². The third-order valence-electron chi connectivity index (χ3n) is 4.48. The van der Waals surface area contributed by atoms with E-state index in [9.17, 15) is 9.90 Å². The summed E-state index contributed by atoms with van der Waals surface area (Å²) in [6, 6.07) is 0. The lowest BCUT2D eigenvalue weighted by molar-refractivity contribution is -0.0558. The van der Waals surface area contributed by atoms with E-state index in [4.69, 9.17) is 9.47 Å². The molecule has 0 aromatic carbocycles. The van der Waals surface area contributed by atoms with Crippen LogP contribution >= 0.6 is 0 Å². The quantitative estimate of drug-likeness (QED) is 0.815. The molecule has 1 spiro atoms. The van der Waals surface area contributed by atoms with Crippen molar-refractivity contribution < 1.29 is 19.4 Å². The minimum absolute atomic E-state index is 0.0124. The van der Waals surface area contributed by atoms with Crippen LogP contribution in [0.15, 0.2) is 0 Å². The molecule has 0 aromatic heterocycles. The number of rotatable bonds is 2. The van der Waals surface area contributed by atoms with Gasteiger partial charge in [0.25, 0.3) is 0 Å². The van der Waals surface area contributed by atoms with Gasteiger partial charge < -0.3 is 19.9 Å². The van der Waals surface area contributed by atoms with E-state index in [0.29, 0.717) is 6.54 Å². The van der Waals surface area contributed by atoms with Crippen molar-refractivity contribution in [3.63, 3.8) is 0 Å². The highest BCUT2D eigenvalue weighted by Crippen LogP contribution is 2.48. The van der Waals surface area contributed by atoms with Crippen LogP contribution in [0.2, 0.25) is 0 Å². The van der Waals surface area contributed by atoms with Gasteiger partial charge in [-0.15, -0.1) is 0 Å². The van der Waals surface area contributed by atoms with Crippen molar-refractivity contribution in [1.29, 1.82) is 0 Å². The molecule has 1 aliphatic heterocycles. The third kappa shape index (κ3) is 3.64. The van der Waals surface area contributed by atoms with Gasteiger partial charge in [0.1, 0.15) is 5.60 Å². The van der Waals surface area contributed by atoms with Crippen LogP contribution < -0.4 is 5.32 Å². The van der Waals surface area contributed by atoms with Crippen molar-refractivity contribution in [2.24, 2.45) is 11.3 Å². The number of aliphatic hydroxyl groups excluding tert-OH is 1. The average molecular weight is 285 g/mol. The van der Waals surface area contributed by atoms with Gasteiger partial charge in [0.2, 0.25) is 0 Å². The van der Waals surface area contributed by atoms with Crippen LogP contribution in [0.3, 0.4) is 0 Å². The zero-order valence-electron chi connectivity index (χ0n) is 12.8. The number of aliphatic hydroxyl groups is 1. The first kappa shape index (κ1) is 15.6. The van der Waals surface area contributed by atoms with Crippen molar-refractivity contribution in [3.8, 4) is 0 Å². The number of hydrogen-bond acceptors (Lipinski definition) is 4. The normalized spacial score (nSPS) is 29.4. The zero-order chi connectivity index (χ0) is 14.8. The molecule has 1 saturated heterocycles. The second-order valence-electron chi connectivity index (χ2n) is 7.10. The fourth-order valence-electron chi connectivity index (χ4n) is 3.34. The van der Waals surface area contributed by atoms with E-state index in [2.05, 4.69) is 5.32 Å². The van der Waals surface area contributed by atoms with Gasteiger partial charge in [0.15, 0.2) is 0 Å². The molecule has 2 rings (SSSR count). The molecule has 1 aliphatic carbocycles. The highest BCUT2D eigenvalue weighted by atomic mass is 16.6. The molecule has 20 heavy (non-hydrogen) atoms. The van der Waals surface area contributed by atoms with Crippen LogP contribution in [-0.4, -0.2) is 42.7 Å². The topological polar surface area (TPSA) is 67.8 Å². The van der Waals surface area contributed by atoms with Crippen molar-refractivity contribution in [2.45, 2.75) is 58.2 Å². The smallest absolute Gasteiger partial charge is 0.407 e. The molecule has 2 atom stereocenters. The number of ether oxygens (including phenoxy) is 2. The SMILES string of the molecule is CC(C)(C)OC(=O)NCC1CCC2(CCOCC2)C1O. The monoisotopic (exact) mass is 285 g/mol. The van der Waals surface area contributed by atoms with Crippen molar-refractivity contribution in [1.82, 2.24) is 5.32 Å². The van der Waals surface area contributed by atoms with Crippen molar-refractivity contribution in [3.05, 3.63) is 0 Å². The van der Waals surface area contributed by atoms with Gasteiger partial charge in [-0.05, 0) is 46.5 Å². The van der Waals surface area contributed by atoms with E-state index in [0.717, 1.165) is 38.9 Å². The van der Waals surface area contributed by atoms with Gasteiger partial charge in [0, 0.05) is 31.1 Å². The Labute approximate surface area is 121 Å². The standard InChI is InChI=1S/C15H27NO4/c1-14(2,3)20-13(18)16-10-11-4-5-15(12(11)17)6-8-19-9-7-15/h11-12,17H,4-10H2,1-3H3,(H,16,18). The Hall–Kier alpha value is -0.810. The molecule has 0 aromatic rings. The number of nitrogens with one attached hydrogen (secondary N) is 1. The largest absolute Gasteiger partial charge is 0.444 e. The van der Waals surface area contributed by atoms with Crippen molar-refractivity contribution in [2.75, 3.05) is 19.8 Å². The minimum atomic E-state index is -0.486. The lowest BCUT2D eigenvalue weighted by Gasteiger charge is -2.37. The fraction of sp³-hybridized carbons (Fsp3) is 0.933. The molecular weight excluding hydrogens is 258 g/mol. The molecule has 116 valence electrons. The molecule has 1 heterocycles. The van der Waals surface area contributed by atoms with Gasteiger partial charge >= 0.3 is 6.09 Å². The van der Waals surface area contributed by atoms with Gasteiger partial charge in [-0.3, -0.25) is 0 Å². The van der Waals surface area contributed by atoms with E-state index < -0.39 is 11.7 Å². The molecule has 2 fully saturated rings. The molecule has 0 radical (unpaired) electrons. The number of carbonyl (C=O) groups excluding carboxylic acids is 1. The van der Waals surface area contributed by atoms with Crippen molar-refractivity contribution >= 4 is 6.09 Å². The molecule has 0 bridgehead atoms. The molecule has 1 saturated carbocycles. The maximum absolute atomic E-state index is 11.7. The van der Waals surface area contributed by atoms with E-state index in [-0.39, 0.29) is 17.4 Å². The number of amides is 1. The predicted molar refractivity (Wildman–Crippen MR) is 75.5 cm³/mol. The van der Waals surface area contributed by atoms with E-state index >= 15 is 0 Å². The van der Waals surface area contributed by atoms with Gasteiger partial charge in [-0.25, -0.2) is 4.79 Å². The summed E-state index contributed by atoms with van der Waals surface area (Å²) >= 11 is 0. The lowest BCUT2D eigenvalue weighted by Crippen LogP contribution is -2.42. The molecule has 2 unspecified atom stereocenters. The third-order valence-corrected chi connectivity index (χ3v) is 4.48. The van der Waals surface area contributed by atoms with E-state index in [1.807, 2.05) is 20.8 Å². The Balaban J connectivity index is 1.81. The zero-order valence-corrected chi connectivity index (χ0v) is 12.8. The van der Waals surface area contributed by atoms with E-state index in [1.165, 1.54) is 0 Å². The Bertz CT molecular complexity index is 344. The summed E-state index contributed by atoms with van der Waals surface area (Å²) in [6.45, 7) is 7.49. The maximum Gasteiger partial charge on any atom is 0.407 e. The predicted octanol–water partition coefficient (Wildman–Crippen LogP) is 2.08. The highest BCUT2D eigenvalue weighted by Gasteiger charge is 2.48. The Morgan fingerprint density at radius 3 is 2.60 bits per heavy atom. The molecule has 1 amide bonds. The number of alkyl carbamates (subject to hydrolysis) is 1. The van der Waals surface area contributed by atoms with Crippen LogP contribution in [0.4, 0.5) is 4.79 Å². The minimum Gasteiger partial charge on any atom is -0.444 e. The summed E-state index contributed by atoms with van der Waals surface area (Å²) in [4.78, 5) is 11.7. The van der Waals surface area contributed by atoms with Crippen LogP contribution in [0, 0.1) is 11.3 Å². The fourth-order valence-corrected chi connectivity index (χ4v) is 3.34. The second-order valence-corrected chi connectivity index (χ2v) is 7.10.